The number of hydrogen-bond donors (Lipinski definition) is 4. The first-order valence-corrected chi connectivity index (χ1v) is 6.40. The summed E-state index contributed by atoms with van der Waals surface area (Å²) in [5.74, 6) is -1.18. The minimum Gasteiger partial charge on any atom is -0.480 e. The molecular weight excluding hydrogens is 316 g/mol. The van der Waals surface area contributed by atoms with E-state index in [9.17, 15) is 9.59 Å². The molecular formula is C12H15BrN2O4. The first kappa shape index (κ1) is 15.5. The standard InChI is InChI=1S/C12H15BrN2O4/c1-7-6-8(13)2-3-9(7)14-12(19)15-10(4-5-16)11(17)18/h2-3,6,10,16H,4-5H2,1H3,(H,17,18)(H2,14,15,19). The number of aliphatic hydroxyl groups excluding tert-OH is 1. The largest absolute Gasteiger partial charge is 0.480 e. The number of carboxylic acids is 1. The third-order valence-corrected chi connectivity index (χ3v) is 2.95. The van der Waals surface area contributed by atoms with Crippen LogP contribution in [-0.4, -0.2) is 34.9 Å². The van der Waals surface area contributed by atoms with Gasteiger partial charge in [-0.25, -0.2) is 9.59 Å². The Kier molecular flexibility index (Phi) is 5.78. The number of rotatable bonds is 5. The molecule has 0 heterocycles. The predicted octanol–water partition coefficient (Wildman–Crippen LogP) is 1.71. The van der Waals surface area contributed by atoms with Gasteiger partial charge in [0, 0.05) is 23.2 Å². The summed E-state index contributed by atoms with van der Waals surface area (Å²) < 4.78 is 0.889. The number of carbonyl (C=O) groups excluding carboxylic acids is 1. The molecule has 6 nitrogen and oxygen atoms in total. The van der Waals surface area contributed by atoms with E-state index >= 15 is 0 Å². The zero-order valence-corrected chi connectivity index (χ0v) is 11.9. The quantitative estimate of drug-likeness (QED) is 0.660. The highest BCUT2D eigenvalue weighted by molar-refractivity contribution is 9.10. The molecule has 1 aromatic carbocycles. The van der Waals surface area contributed by atoms with Crippen LogP contribution in [0.2, 0.25) is 0 Å². The molecule has 0 radical (unpaired) electrons. The van der Waals surface area contributed by atoms with Crippen molar-refractivity contribution in [1.29, 1.82) is 0 Å². The molecule has 0 saturated heterocycles. The number of nitrogens with one attached hydrogen (secondary N) is 2. The van der Waals surface area contributed by atoms with Crippen molar-refractivity contribution in [2.24, 2.45) is 0 Å². The van der Waals surface area contributed by atoms with Crippen molar-refractivity contribution >= 4 is 33.6 Å². The summed E-state index contributed by atoms with van der Waals surface area (Å²) in [7, 11) is 0. The van der Waals surface area contributed by atoms with Gasteiger partial charge in [0.2, 0.25) is 0 Å². The highest BCUT2D eigenvalue weighted by atomic mass is 79.9. The minimum absolute atomic E-state index is 0.0396. The lowest BCUT2D eigenvalue weighted by Gasteiger charge is -2.15. The van der Waals surface area contributed by atoms with E-state index < -0.39 is 18.0 Å². The molecule has 0 aliphatic carbocycles. The molecule has 1 rings (SSSR count). The number of amides is 2. The molecule has 7 heteroatoms. The van der Waals surface area contributed by atoms with Gasteiger partial charge in [-0.1, -0.05) is 15.9 Å². The van der Waals surface area contributed by atoms with E-state index in [2.05, 4.69) is 26.6 Å². The SMILES string of the molecule is Cc1cc(Br)ccc1NC(=O)NC(CCO)C(=O)O. The van der Waals surface area contributed by atoms with Gasteiger partial charge in [0.1, 0.15) is 6.04 Å². The zero-order valence-electron chi connectivity index (χ0n) is 10.3. The molecule has 0 aliphatic heterocycles. The van der Waals surface area contributed by atoms with Crippen LogP contribution in [0.5, 0.6) is 0 Å². The van der Waals surface area contributed by atoms with E-state index in [0.717, 1.165) is 10.0 Å². The van der Waals surface area contributed by atoms with Crippen molar-refractivity contribution in [2.45, 2.75) is 19.4 Å². The highest BCUT2D eigenvalue weighted by Crippen LogP contribution is 2.19. The van der Waals surface area contributed by atoms with E-state index in [1.807, 2.05) is 13.0 Å². The van der Waals surface area contributed by atoms with Gasteiger partial charge in [0.05, 0.1) is 0 Å². The Bertz CT molecular complexity index is 479. The van der Waals surface area contributed by atoms with Crippen molar-refractivity contribution < 1.29 is 19.8 Å². The Balaban J connectivity index is 2.66. The molecule has 19 heavy (non-hydrogen) atoms. The summed E-state index contributed by atoms with van der Waals surface area (Å²) in [6, 6.07) is 3.58. The maximum Gasteiger partial charge on any atom is 0.326 e. The number of aliphatic carboxylic acids is 1. The number of urea groups is 1. The summed E-state index contributed by atoms with van der Waals surface area (Å²) in [5, 5.41) is 22.4. The number of aliphatic hydroxyl groups is 1. The van der Waals surface area contributed by atoms with E-state index in [1.165, 1.54) is 0 Å². The first-order valence-electron chi connectivity index (χ1n) is 5.61. The smallest absolute Gasteiger partial charge is 0.326 e. The minimum atomic E-state index is -1.18. The van der Waals surface area contributed by atoms with Crippen LogP contribution in [0.1, 0.15) is 12.0 Å². The fourth-order valence-electron chi connectivity index (χ4n) is 1.47. The second-order valence-electron chi connectivity index (χ2n) is 3.96. The van der Waals surface area contributed by atoms with E-state index in [1.54, 1.807) is 12.1 Å². The number of aryl methyl sites for hydroxylation is 1. The van der Waals surface area contributed by atoms with Crippen molar-refractivity contribution in [2.75, 3.05) is 11.9 Å². The normalized spacial score (nSPS) is 11.7. The molecule has 1 aromatic rings. The number of carboxylic acid groups (broad SMARTS) is 1. The molecule has 4 N–H and O–H groups in total. The Morgan fingerprint density at radius 1 is 1.42 bits per heavy atom. The summed E-state index contributed by atoms with van der Waals surface area (Å²) in [6.07, 6.45) is -0.0396. The number of benzene rings is 1. The Labute approximate surface area is 118 Å². The van der Waals surface area contributed by atoms with Gasteiger partial charge in [0.25, 0.3) is 0 Å². The van der Waals surface area contributed by atoms with Crippen molar-refractivity contribution in [3.05, 3.63) is 28.2 Å². The van der Waals surface area contributed by atoms with E-state index in [0.29, 0.717) is 5.69 Å². The van der Waals surface area contributed by atoms with Crippen LogP contribution < -0.4 is 10.6 Å². The maximum absolute atomic E-state index is 11.7. The Morgan fingerprint density at radius 3 is 2.63 bits per heavy atom. The summed E-state index contributed by atoms with van der Waals surface area (Å²) in [4.78, 5) is 22.5. The monoisotopic (exact) mass is 330 g/mol. The third kappa shape index (κ3) is 4.88. The molecule has 104 valence electrons. The van der Waals surface area contributed by atoms with Crippen LogP contribution >= 0.6 is 15.9 Å². The van der Waals surface area contributed by atoms with Gasteiger partial charge in [-0.05, 0) is 30.7 Å². The zero-order chi connectivity index (χ0) is 14.4. The summed E-state index contributed by atoms with van der Waals surface area (Å²) >= 11 is 3.31. The maximum atomic E-state index is 11.7. The van der Waals surface area contributed by atoms with Gasteiger partial charge in [0.15, 0.2) is 0 Å². The molecule has 0 fully saturated rings. The van der Waals surface area contributed by atoms with Crippen LogP contribution in [0.4, 0.5) is 10.5 Å². The molecule has 1 atom stereocenters. The number of carbonyl (C=O) groups is 2. The van der Waals surface area contributed by atoms with Crippen LogP contribution in [0.25, 0.3) is 0 Å². The highest BCUT2D eigenvalue weighted by Gasteiger charge is 2.19. The fourth-order valence-corrected chi connectivity index (χ4v) is 1.95. The molecule has 0 saturated carbocycles. The third-order valence-electron chi connectivity index (χ3n) is 2.46. The van der Waals surface area contributed by atoms with Crippen LogP contribution in [0.3, 0.4) is 0 Å². The van der Waals surface area contributed by atoms with E-state index in [4.69, 9.17) is 10.2 Å². The second kappa shape index (κ2) is 7.10. The summed E-state index contributed by atoms with van der Waals surface area (Å²) in [5.41, 5.74) is 1.44. The number of halogens is 1. The van der Waals surface area contributed by atoms with Crippen LogP contribution in [-0.2, 0) is 4.79 Å². The van der Waals surface area contributed by atoms with Gasteiger partial charge >= 0.3 is 12.0 Å². The average molecular weight is 331 g/mol. The molecule has 0 aliphatic rings. The topological polar surface area (TPSA) is 98.7 Å². The molecule has 0 spiro atoms. The fraction of sp³-hybridized carbons (Fsp3) is 0.333. The van der Waals surface area contributed by atoms with Crippen LogP contribution in [0, 0.1) is 6.92 Å². The van der Waals surface area contributed by atoms with Gasteiger partial charge in [-0.3, -0.25) is 0 Å². The first-order chi connectivity index (χ1) is 8.93. The van der Waals surface area contributed by atoms with Gasteiger partial charge in [-0.15, -0.1) is 0 Å². The summed E-state index contributed by atoms with van der Waals surface area (Å²) in [6.45, 7) is 1.51. The molecule has 2 amide bonds. The predicted molar refractivity (Wildman–Crippen MR) is 74.2 cm³/mol. The second-order valence-corrected chi connectivity index (χ2v) is 4.88. The Hall–Kier alpha value is -1.60. The molecule has 1 unspecified atom stereocenters. The van der Waals surface area contributed by atoms with Crippen molar-refractivity contribution in [1.82, 2.24) is 5.32 Å². The number of hydrogen-bond acceptors (Lipinski definition) is 3. The number of anilines is 1. The van der Waals surface area contributed by atoms with Gasteiger partial charge < -0.3 is 20.8 Å². The molecule has 0 aromatic heterocycles. The van der Waals surface area contributed by atoms with Crippen LogP contribution in [0.15, 0.2) is 22.7 Å². The van der Waals surface area contributed by atoms with Gasteiger partial charge in [-0.2, -0.15) is 0 Å². The molecule has 0 bridgehead atoms. The average Bonchev–Trinajstić information content (AvgIpc) is 2.32. The van der Waals surface area contributed by atoms with Crippen molar-refractivity contribution in [3.63, 3.8) is 0 Å². The Morgan fingerprint density at radius 2 is 2.11 bits per heavy atom. The van der Waals surface area contributed by atoms with Crippen molar-refractivity contribution in [3.8, 4) is 0 Å². The van der Waals surface area contributed by atoms with E-state index in [-0.39, 0.29) is 13.0 Å². The lowest BCUT2D eigenvalue weighted by molar-refractivity contribution is -0.139. The lowest BCUT2D eigenvalue weighted by Crippen LogP contribution is -2.43. The lowest BCUT2D eigenvalue weighted by atomic mass is 10.2.